The third-order valence-corrected chi connectivity index (χ3v) is 10.3. The van der Waals surface area contributed by atoms with E-state index < -0.39 is 8.07 Å². The predicted molar refractivity (Wildman–Crippen MR) is 111 cm³/mol. The van der Waals surface area contributed by atoms with Gasteiger partial charge >= 0.3 is 21.7 Å². The average Bonchev–Trinajstić information content (AvgIpc) is 2.96. The maximum atomic E-state index is 2.58. The summed E-state index contributed by atoms with van der Waals surface area (Å²) in [6, 6.07) is 19.8. The van der Waals surface area contributed by atoms with Gasteiger partial charge in [0.15, 0.2) is 0 Å². The molecule has 0 spiro atoms. The summed E-state index contributed by atoms with van der Waals surface area (Å²) in [6.45, 7) is 11.7. The summed E-state index contributed by atoms with van der Waals surface area (Å²) in [4.78, 5) is 0. The molecule has 1 unspecified atom stereocenters. The van der Waals surface area contributed by atoms with Gasteiger partial charge in [0.05, 0.1) is 8.07 Å². The summed E-state index contributed by atoms with van der Waals surface area (Å²) < 4.78 is 0. The van der Waals surface area contributed by atoms with Crippen LogP contribution in [-0.4, -0.2) is 8.07 Å². The molecule has 5 heteroatoms. The minimum absolute atomic E-state index is 0. The van der Waals surface area contributed by atoms with E-state index in [0.717, 1.165) is 0 Å². The number of benzene rings is 2. The van der Waals surface area contributed by atoms with Crippen molar-refractivity contribution in [3.05, 3.63) is 65.2 Å². The number of halogens is 3. The summed E-state index contributed by atoms with van der Waals surface area (Å²) in [5.41, 5.74) is 4.36. The summed E-state index contributed by atoms with van der Waals surface area (Å²) in [7, 11) is -1.72. The van der Waals surface area contributed by atoms with Crippen molar-refractivity contribution in [3.8, 4) is 0 Å². The van der Waals surface area contributed by atoms with E-state index in [1.807, 2.05) is 0 Å². The molecule has 0 saturated heterocycles. The van der Waals surface area contributed by atoms with Crippen molar-refractivity contribution >= 4 is 29.2 Å². The van der Waals surface area contributed by atoms with Crippen LogP contribution < -0.4 is 47.6 Å². The molecule has 28 heavy (non-hydrogen) atoms. The van der Waals surface area contributed by atoms with Gasteiger partial charge in [0.25, 0.3) is 0 Å². The molecule has 0 radical (unpaired) electrons. The zero-order valence-electron chi connectivity index (χ0n) is 17.4. The van der Waals surface area contributed by atoms with Gasteiger partial charge in [0.1, 0.15) is 0 Å². The number of hydrogen-bond acceptors (Lipinski definition) is 0. The first-order chi connectivity index (χ1) is 11.5. The minimum Gasteiger partial charge on any atom is -1.00 e. The van der Waals surface area contributed by atoms with Gasteiger partial charge in [-0.2, -0.15) is 11.5 Å². The van der Waals surface area contributed by atoms with E-state index in [-0.39, 0.29) is 58.9 Å². The van der Waals surface area contributed by atoms with Crippen molar-refractivity contribution < 1.29 is 58.9 Å². The van der Waals surface area contributed by atoms with E-state index in [1.54, 1.807) is 10.4 Å². The van der Waals surface area contributed by atoms with E-state index in [0.29, 0.717) is 0 Å². The number of aryl methyl sites for hydroxylation is 3. The normalized spacial score (nSPS) is 12.0. The summed E-state index contributed by atoms with van der Waals surface area (Å²) >= 11 is 0. The molecular weight excluding hydrogens is 459 g/mol. The maximum absolute atomic E-state index is 2.58. The van der Waals surface area contributed by atoms with Crippen LogP contribution in [0.5, 0.6) is 0 Å². The fourth-order valence-electron chi connectivity index (χ4n) is 4.46. The Bertz CT molecular complexity index is 819. The fourth-order valence-corrected chi connectivity index (χ4v) is 9.18. The Kier molecular flexibility index (Phi) is 13.4. The predicted octanol–water partition coefficient (Wildman–Crippen LogP) is -3.51. The molecule has 0 heterocycles. The Balaban J connectivity index is 0. The molecule has 0 aromatic heterocycles. The van der Waals surface area contributed by atoms with Gasteiger partial charge in [-0.05, 0) is 20.8 Å². The van der Waals surface area contributed by atoms with Crippen LogP contribution >= 0.6 is 0 Å². The summed E-state index contributed by atoms with van der Waals surface area (Å²) in [6.07, 6.45) is 2.59. The molecule has 150 valence electrons. The average molecular weight is 488 g/mol. The van der Waals surface area contributed by atoms with Gasteiger partial charge in [-0.1, -0.05) is 72.4 Å². The van der Waals surface area contributed by atoms with Crippen molar-refractivity contribution in [1.29, 1.82) is 0 Å². The van der Waals surface area contributed by atoms with Crippen molar-refractivity contribution in [3.63, 3.8) is 0 Å². The first-order valence-electron chi connectivity index (χ1n) is 9.20. The monoisotopic (exact) mass is 486 g/mol. The summed E-state index contributed by atoms with van der Waals surface area (Å²) in [5, 5.41) is 6.05. The molecule has 0 aliphatic rings. The fraction of sp³-hybridized carbons (Fsp3) is 0.348. The second kappa shape index (κ2) is 12.5. The van der Waals surface area contributed by atoms with Crippen molar-refractivity contribution in [2.75, 3.05) is 0 Å². The topological polar surface area (TPSA) is 0 Å². The summed E-state index contributed by atoms with van der Waals surface area (Å²) in [5.74, 6) is 0. The van der Waals surface area contributed by atoms with Crippen LogP contribution in [0, 0.1) is 20.8 Å². The molecule has 3 rings (SSSR count). The quantitative estimate of drug-likeness (QED) is 0.259. The van der Waals surface area contributed by atoms with Gasteiger partial charge in [-0.15, -0.1) is 34.8 Å². The van der Waals surface area contributed by atoms with Crippen LogP contribution in [-0.2, 0) is 21.7 Å². The van der Waals surface area contributed by atoms with E-state index in [2.05, 4.69) is 82.8 Å². The first-order valence-corrected chi connectivity index (χ1v) is 11.9. The number of rotatable bonds is 5. The van der Waals surface area contributed by atoms with Crippen LogP contribution in [0.2, 0.25) is 12.6 Å². The van der Waals surface area contributed by atoms with Gasteiger partial charge in [-0.25, -0.2) is 0 Å². The SMILES string of the molecule is CCCC[Si](C)(c1cc2ccccc2[cH-]1)c1c(C)cc(C)cc1C.[Cl-].[Cl-].[Cl-].[Ti+4]. The molecule has 0 aliphatic heterocycles. The molecule has 3 aromatic carbocycles. The third-order valence-electron chi connectivity index (χ3n) is 5.51. The standard InChI is InChI=1S/C23H29Si.3ClH.Ti/c1-6-7-12-24(5,23-18(3)13-17(2)14-19(23)4)22-15-20-10-8-9-11-21(20)16-22;;;;/h8-11,13-16H,6-7,12H2,1-5H3;3*1H;/q-1;;;;+4/p-3. The maximum Gasteiger partial charge on any atom is 4.00 e. The van der Waals surface area contributed by atoms with E-state index in [9.17, 15) is 0 Å². The number of fused-ring (bicyclic) bond motifs is 1. The Labute approximate surface area is 205 Å². The van der Waals surface area contributed by atoms with Crippen LogP contribution in [0.1, 0.15) is 36.5 Å². The van der Waals surface area contributed by atoms with E-state index >= 15 is 0 Å². The van der Waals surface area contributed by atoms with E-state index in [1.165, 1.54) is 46.3 Å². The van der Waals surface area contributed by atoms with Gasteiger partial charge in [0.2, 0.25) is 0 Å². The molecule has 0 N–H and O–H groups in total. The van der Waals surface area contributed by atoms with Crippen LogP contribution in [0.15, 0.2) is 48.5 Å². The first kappa shape index (κ1) is 30.0. The van der Waals surface area contributed by atoms with Crippen molar-refractivity contribution in [1.82, 2.24) is 0 Å². The second-order valence-electron chi connectivity index (χ2n) is 7.58. The van der Waals surface area contributed by atoms with Crippen LogP contribution in [0.3, 0.4) is 0 Å². The van der Waals surface area contributed by atoms with Crippen molar-refractivity contribution in [2.24, 2.45) is 0 Å². The molecule has 0 saturated carbocycles. The smallest absolute Gasteiger partial charge is 1.00 e. The second-order valence-corrected chi connectivity index (χ2v) is 11.8. The van der Waals surface area contributed by atoms with Gasteiger partial charge < -0.3 is 37.2 Å². The van der Waals surface area contributed by atoms with Crippen LogP contribution in [0.4, 0.5) is 0 Å². The molecule has 0 aliphatic carbocycles. The van der Waals surface area contributed by atoms with Gasteiger partial charge in [0, 0.05) is 0 Å². The van der Waals surface area contributed by atoms with Crippen LogP contribution in [0.25, 0.3) is 10.8 Å². The number of hydrogen-bond donors (Lipinski definition) is 0. The Hall–Kier alpha value is -0.149. The molecule has 0 nitrogen and oxygen atoms in total. The Morgan fingerprint density at radius 2 is 1.46 bits per heavy atom. The Morgan fingerprint density at radius 3 is 2.00 bits per heavy atom. The largest absolute Gasteiger partial charge is 4.00 e. The zero-order valence-corrected chi connectivity index (χ0v) is 22.2. The zero-order chi connectivity index (χ0) is 17.3. The van der Waals surface area contributed by atoms with Crippen molar-refractivity contribution in [2.45, 2.75) is 53.1 Å². The molecule has 0 fully saturated rings. The Morgan fingerprint density at radius 1 is 0.893 bits per heavy atom. The van der Waals surface area contributed by atoms with Gasteiger partial charge in [-0.3, -0.25) is 0 Å². The molecule has 3 aromatic rings. The molecule has 1 atom stereocenters. The van der Waals surface area contributed by atoms with E-state index in [4.69, 9.17) is 0 Å². The third kappa shape index (κ3) is 5.94. The molecule has 0 amide bonds. The number of unbranched alkanes of at least 4 members (excludes halogenated alkanes) is 1. The molecular formula is C23H29Cl3SiTi. The molecule has 0 bridgehead atoms. The minimum atomic E-state index is -1.72.